The highest BCUT2D eigenvalue weighted by atomic mass is 32.2. The number of benzene rings is 1. The first-order valence-corrected chi connectivity index (χ1v) is 7.70. The van der Waals surface area contributed by atoms with E-state index in [1.165, 1.54) is 6.07 Å². The molecule has 0 saturated heterocycles. The van der Waals surface area contributed by atoms with Gasteiger partial charge in [-0.1, -0.05) is 37.3 Å². The molecule has 1 aromatic rings. The van der Waals surface area contributed by atoms with E-state index in [1.54, 1.807) is 18.2 Å². The minimum Gasteiger partial charge on any atom is -0.384 e. The zero-order valence-electron chi connectivity index (χ0n) is 11.2. The minimum absolute atomic E-state index is 0.117. The zero-order valence-corrected chi connectivity index (χ0v) is 12.0. The third-order valence-electron chi connectivity index (χ3n) is 2.56. The fourth-order valence-corrected chi connectivity index (χ4v) is 3.20. The van der Waals surface area contributed by atoms with Gasteiger partial charge in [-0.05, 0) is 25.5 Å². The molecule has 19 heavy (non-hydrogen) atoms. The molecule has 0 heterocycles. The average Bonchev–Trinajstić information content (AvgIpc) is 2.36. The smallest absolute Gasteiger partial charge is 0.242 e. The lowest BCUT2D eigenvalue weighted by molar-refractivity contribution is 0.350. The SMILES string of the molecule is CCCC(C)NS(=O)(=O)c1ccccc1C#CCO. The number of hydrogen-bond acceptors (Lipinski definition) is 3. The van der Waals surface area contributed by atoms with Gasteiger partial charge in [0.05, 0.1) is 4.90 Å². The standard InChI is InChI=1S/C14H19NO3S/c1-3-7-12(2)15-19(17,18)14-10-5-4-8-13(14)9-6-11-16/h4-5,8,10,12,15-16H,3,7,11H2,1-2H3. The van der Waals surface area contributed by atoms with E-state index in [9.17, 15) is 8.42 Å². The summed E-state index contributed by atoms with van der Waals surface area (Å²) in [6.07, 6.45) is 1.69. The predicted molar refractivity (Wildman–Crippen MR) is 75.1 cm³/mol. The number of nitrogens with one attached hydrogen (secondary N) is 1. The van der Waals surface area contributed by atoms with Gasteiger partial charge in [-0.3, -0.25) is 0 Å². The van der Waals surface area contributed by atoms with Gasteiger partial charge in [0.1, 0.15) is 6.61 Å². The molecular weight excluding hydrogens is 262 g/mol. The number of rotatable bonds is 5. The number of sulfonamides is 1. The highest BCUT2D eigenvalue weighted by Crippen LogP contribution is 2.15. The largest absolute Gasteiger partial charge is 0.384 e. The summed E-state index contributed by atoms with van der Waals surface area (Å²) in [5.74, 6) is 5.12. The van der Waals surface area contributed by atoms with Crippen molar-refractivity contribution in [1.82, 2.24) is 4.72 Å². The van der Waals surface area contributed by atoms with E-state index in [1.807, 2.05) is 13.8 Å². The maximum Gasteiger partial charge on any atom is 0.242 e. The Hall–Kier alpha value is -1.35. The molecule has 0 spiro atoms. The topological polar surface area (TPSA) is 66.4 Å². The summed E-state index contributed by atoms with van der Waals surface area (Å²) < 4.78 is 27.2. The molecule has 0 fully saturated rings. The van der Waals surface area contributed by atoms with Crippen LogP contribution in [0, 0.1) is 11.8 Å². The fraction of sp³-hybridized carbons (Fsp3) is 0.429. The Morgan fingerprint density at radius 1 is 1.37 bits per heavy atom. The molecule has 0 aliphatic heterocycles. The van der Waals surface area contributed by atoms with Crippen LogP contribution in [0.15, 0.2) is 29.2 Å². The molecular formula is C14H19NO3S. The third kappa shape index (κ3) is 4.67. The van der Waals surface area contributed by atoms with Gasteiger partial charge in [0.2, 0.25) is 10.0 Å². The van der Waals surface area contributed by atoms with Gasteiger partial charge >= 0.3 is 0 Å². The summed E-state index contributed by atoms with van der Waals surface area (Å²) >= 11 is 0. The van der Waals surface area contributed by atoms with E-state index < -0.39 is 10.0 Å². The molecule has 1 aromatic carbocycles. The lowest BCUT2D eigenvalue weighted by Crippen LogP contribution is -2.32. The van der Waals surface area contributed by atoms with Gasteiger partial charge < -0.3 is 5.11 Å². The Morgan fingerprint density at radius 2 is 2.05 bits per heavy atom. The van der Waals surface area contributed by atoms with Crippen LogP contribution in [0.25, 0.3) is 0 Å². The Labute approximate surface area is 114 Å². The molecule has 1 atom stereocenters. The number of aliphatic hydroxyl groups is 1. The molecule has 2 N–H and O–H groups in total. The Balaban J connectivity index is 3.07. The molecule has 0 saturated carbocycles. The van der Waals surface area contributed by atoms with Gasteiger partial charge in [0.25, 0.3) is 0 Å². The van der Waals surface area contributed by atoms with Crippen molar-refractivity contribution in [2.45, 2.75) is 37.6 Å². The Morgan fingerprint density at radius 3 is 2.68 bits per heavy atom. The first kappa shape index (κ1) is 15.7. The number of aliphatic hydroxyl groups excluding tert-OH is 1. The molecule has 0 aliphatic rings. The normalized spacial score (nSPS) is 12.6. The maximum atomic E-state index is 12.3. The summed E-state index contributed by atoms with van der Waals surface area (Å²) in [6.45, 7) is 3.54. The second kappa shape index (κ2) is 7.29. The van der Waals surface area contributed by atoms with Crippen molar-refractivity contribution in [3.05, 3.63) is 29.8 Å². The minimum atomic E-state index is -3.58. The molecule has 104 valence electrons. The molecule has 1 rings (SSSR count). The van der Waals surface area contributed by atoms with Crippen LogP contribution in [0.2, 0.25) is 0 Å². The highest BCUT2D eigenvalue weighted by Gasteiger charge is 2.19. The van der Waals surface area contributed by atoms with Crippen molar-refractivity contribution in [3.63, 3.8) is 0 Å². The molecule has 1 unspecified atom stereocenters. The van der Waals surface area contributed by atoms with Crippen molar-refractivity contribution >= 4 is 10.0 Å². The van der Waals surface area contributed by atoms with Crippen molar-refractivity contribution in [1.29, 1.82) is 0 Å². The van der Waals surface area contributed by atoms with E-state index in [0.29, 0.717) is 5.56 Å². The second-order valence-corrected chi connectivity index (χ2v) is 5.95. The molecule has 0 radical (unpaired) electrons. The molecule has 0 aliphatic carbocycles. The highest BCUT2D eigenvalue weighted by molar-refractivity contribution is 7.89. The zero-order chi connectivity index (χ0) is 14.3. The lowest BCUT2D eigenvalue weighted by atomic mass is 10.2. The summed E-state index contributed by atoms with van der Waals surface area (Å²) in [5.41, 5.74) is 0.396. The van der Waals surface area contributed by atoms with Gasteiger partial charge in [0.15, 0.2) is 0 Å². The first-order chi connectivity index (χ1) is 9.01. The van der Waals surface area contributed by atoms with Gasteiger partial charge in [-0.15, -0.1) is 0 Å². The van der Waals surface area contributed by atoms with Crippen molar-refractivity contribution in [2.24, 2.45) is 0 Å². The van der Waals surface area contributed by atoms with Crippen molar-refractivity contribution in [3.8, 4) is 11.8 Å². The monoisotopic (exact) mass is 281 g/mol. The third-order valence-corrected chi connectivity index (χ3v) is 4.20. The van der Waals surface area contributed by atoms with E-state index in [4.69, 9.17) is 5.11 Å². The average molecular weight is 281 g/mol. The van der Waals surface area contributed by atoms with Crippen LogP contribution in [0.4, 0.5) is 0 Å². The van der Waals surface area contributed by atoms with Crippen LogP contribution in [-0.2, 0) is 10.0 Å². The van der Waals surface area contributed by atoms with Crippen LogP contribution in [0.5, 0.6) is 0 Å². The second-order valence-electron chi connectivity index (χ2n) is 4.27. The Bertz CT molecular complexity index is 570. The molecule has 0 amide bonds. The van der Waals surface area contributed by atoms with Crippen LogP contribution in [0.3, 0.4) is 0 Å². The predicted octanol–water partition coefficient (Wildman–Crippen LogP) is 1.50. The molecule has 5 heteroatoms. The summed E-state index contributed by atoms with van der Waals surface area (Å²) in [7, 11) is -3.58. The van der Waals surface area contributed by atoms with E-state index >= 15 is 0 Å². The fourth-order valence-electron chi connectivity index (χ4n) is 1.76. The van der Waals surface area contributed by atoms with Crippen LogP contribution in [0.1, 0.15) is 32.3 Å². The van der Waals surface area contributed by atoms with Crippen LogP contribution in [-0.4, -0.2) is 26.2 Å². The van der Waals surface area contributed by atoms with Crippen LogP contribution >= 0.6 is 0 Å². The summed E-state index contributed by atoms with van der Waals surface area (Å²) in [5, 5.41) is 8.70. The van der Waals surface area contributed by atoms with E-state index in [-0.39, 0.29) is 17.5 Å². The molecule has 0 aromatic heterocycles. The van der Waals surface area contributed by atoms with Gasteiger partial charge in [0, 0.05) is 11.6 Å². The Kier molecular flexibility index (Phi) is 6.03. The van der Waals surface area contributed by atoms with E-state index in [0.717, 1.165) is 12.8 Å². The molecule has 4 nitrogen and oxygen atoms in total. The van der Waals surface area contributed by atoms with Gasteiger partial charge in [-0.25, -0.2) is 13.1 Å². The van der Waals surface area contributed by atoms with Crippen LogP contribution < -0.4 is 4.72 Å². The molecule has 0 bridgehead atoms. The van der Waals surface area contributed by atoms with Crippen molar-refractivity contribution < 1.29 is 13.5 Å². The quantitative estimate of drug-likeness (QED) is 0.804. The van der Waals surface area contributed by atoms with E-state index in [2.05, 4.69) is 16.6 Å². The van der Waals surface area contributed by atoms with Crippen molar-refractivity contribution in [2.75, 3.05) is 6.61 Å². The number of hydrogen-bond donors (Lipinski definition) is 2. The maximum absolute atomic E-state index is 12.3. The lowest BCUT2D eigenvalue weighted by Gasteiger charge is -2.14. The summed E-state index contributed by atoms with van der Waals surface area (Å²) in [6, 6.07) is 6.40. The first-order valence-electron chi connectivity index (χ1n) is 6.22. The summed E-state index contributed by atoms with van der Waals surface area (Å²) in [4.78, 5) is 0.152. The van der Waals surface area contributed by atoms with Gasteiger partial charge in [-0.2, -0.15) is 0 Å².